The van der Waals surface area contributed by atoms with Gasteiger partial charge in [-0.05, 0) is 79.2 Å². The van der Waals surface area contributed by atoms with E-state index in [2.05, 4.69) is 6.92 Å². The van der Waals surface area contributed by atoms with Gasteiger partial charge in [0, 0.05) is 0 Å². The predicted octanol–water partition coefficient (Wildman–Crippen LogP) is 6.81. The number of hydrogen-bond acceptors (Lipinski definition) is 0. The van der Waals surface area contributed by atoms with Crippen molar-refractivity contribution >= 4 is 0 Å². The van der Waals surface area contributed by atoms with Gasteiger partial charge < -0.3 is 0 Å². The number of aryl methyl sites for hydroxylation is 2. The van der Waals surface area contributed by atoms with E-state index < -0.39 is 11.6 Å². The van der Waals surface area contributed by atoms with Crippen molar-refractivity contribution in [2.75, 3.05) is 0 Å². The molecule has 0 aliphatic heterocycles. The molecule has 0 heterocycles. The molecule has 2 aromatic rings. The van der Waals surface area contributed by atoms with Crippen LogP contribution in [0.2, 0.25) is 0 Å². The Morgan fingerprint density at radius 1 is 0.840 bits per heavy atom. The molecule has 0 bridgehead atoms. The van der Waals surface area contributed by atoms with Crippen molar-refractivity contribution in [2.24, 2.45) is 0 Å². The van der Waals surface area contributed by atoms with E-state index in [1.807, 2.05) is 12.1 Å². The topological polar surface area (TPSA) is 0 Å². The molecule has 2 aromatic carbocycles. The minimum atomic E-state index is -0.739. The summed E-state index contributed by atoms with van der Waals surface area (Å²) in [6, 6.07) is 8.94. The van der Waals surface area contributed by atoms with Gasteiger partial charge in [0.1, 0.15) is 5.82 Å². The molecule has 0 unspecified atom stereocenters. The van der Waals surface area contributed by atoms with Crippen molar-refractivity contribution in [1.29, 1.82) is 0 Å². The van der Waals surface area contributed by atoms with Crippen molar-refractivity contribution in [3.05, 3.63) is 70.0 Å². The molecule has 3 rings (SSSR count). The fraction of sp³-hybridized carbons (Fsp3) is 0.455. The molecule has 1 aliphatic carbocycles. The summed E-state index contributed by atoms with van der Waals surface area (Å²) >= 11 is 0. The first-order chi connectivity index (χ1) is 12.0. The maximum Gasteiger partial charge on any atom is 0.162 e. The first-order valence-corrected chi connectivity index (χ1v) is 9.24. The lowest BCUT2D eigenvalue weighted by molar-refractivity contribution is 0.374. The van der Waals surface area contributed by atoms with E-state index in [1.165, 1.54) is 0 Å². The standard InChI is InChI=1S/C22H25F3/c1-3-4-15-6-12-18(20(23)13-15)16-7-9-17(10-8-16)19-11-5-14(2)21(24)22(19)25/h5-6,11-13,16-17H,3-4,7-10H2,1-2H3. The summed E-state index contributed by atoms with van der Waals surface area (Å²) in [6.45, 7) is 3.66. The van der Waals surface area contributed by atoms with E-state index in [9.17, 15) is 13.2 Å². The smallest absolute Gasteiger partial charge is 0.162 e. The van der Waals surface area contributed by atoms with Crippen LogP contribution in [0.4, 0.5) is 13.2 Å². The Labute approximate surface area is 148 Å². The van der Waals surface area contributed by atoms with E-state index in [1.54, 1.807) is 25.1 Å². The van der Waals surface area contributed by atoms with E-state index in [0.717, 1.165) is 49.7 Å². The summed E-state index contributed by atoms with van der Waals surface area (Å²) in [5, 5.41) is 0. The fourth-order valence-electron chi connectivity index (χ4n) is 4.04. The van der Waals surface area contributed by atoms with E-state index in [-0.39, 0.29) is 17.7 Å². The fourth-order valence-corrected chi connectivity index (χ4v) is 4.04. The Bertz CT molecular complexity index is 743. The Kier molecular flexibility index (Phi) is 5.51. The molecule has 1 fully saturated rings. The lowest BCUT2D eigenvalue weighted by Gasteiger charge is -2.29. The van der Waals surface area contributed by atoms with E-state index >= 15 is 0 Å². The van der Waals surface area contributed by atoms with Crippen LogP contribution in [-0.4, -0.2) is 0 Å². The highest BCUT2D eigenvalue weighted by molar-refractivity contribution is 5.31. The third-order valence-corrected chi connectivity index (χ3v) is 5.52. The van der Waals surface area contributed by atoms with Crippen LogP contribution in [0.3, 0.4) is 0 Å². The minimum absolute atomic E-state index is 0.0220. The van der Waals surface area contributed by atoms with Crippen LogP contribution in [0.1, 0.15) is 73.1 Å². The highest BCUT2D eigenvalue weighted by Crippen LogP contribution is 2.42. The first kappa shape index (κ1) is 18.0. The Balaban J connectivity index is 1.71. The predicted molar refractivity (Wildman–Crippen MR) is 95.4 cm³/mol. The molecule has 0 saturated heterocycles. The summed E-state index contributed by atoms with van der Waals surface area (Å²) in [4.78, 5) is 0. The van der Waals surface area contributed by atoms with Crippen LogP contribution >= 0.6 is 0 Å². The SMILES string of the molecule is CCCc1ccc(C2CCC(c3ccc(C)c(F)c3F)CC2)c(F)c1. The number of halogens is 3. The molecular weight excluding hydrogens is 321 g/mol. The summed E-state index contributed by atoms with van der Waals surface area (Å²) in [5.41, 5.74) is 2.62. The largest absolute Gasteiger partial charge is 0.207 e. The lowest BCUT2D eigenvalue weighted by atomic mass is 9.75. The molecule has 0 amide bonds. The van der Waals surface area contributed by atoms with Gasteiger partial charge in [0.2, 0.25) is 0 Å². The van der Waals surface area contributed by atoms with E-state index in [0.29, 0.717) is 11.1 Å². The molecule has 1 aliphatic rings. The zero-order chi connectivity index (χ0) is 18.0. The second kappa shape index (κ2) is 7.63. The quantitative estimate of drug-likeness (QED) is 0.570. The van der Waals surface area contributed by atoms with Gasteiger partial charge in [-0.3, -0.25) is 0 Å². The van der Waals surface area contributed by atoms with Crippen LogP contribution in [0.15, 0.2) is 30.3 Å². The zero-order valence-corrected chi connectivity index (χ0v) is 14.9. The summed E-state index contributed by atoms with van der Waals surface area (Å²) in [7, 11) is 0. The summed E-state index contributed by atoms with van der Waals surface area (Å²) in [5.74, 6) is -1.38. The monoisotopic (exact) mass is 346 g/mol. The van der Waals surface area contributed by atoms with Crippen molar-refractivity contribution in [2.45, 2.75) is 64.2 Å². The zero-order valence-electron chi connectivity index (χ0n) is 14.9. The van der Waals surface area contributed by atoms with Crippen molar-refractivity contribution in [1.82, 2.24) is 0 Å². The van der Waals surface area contributed by atoms with Gasteiger partial charge in [-0.2, -0.15) is 0 Å². The van der Waals surface area contributed by atoms with Crippen LogP contribution in [0.5, 0.6) is 0 Å². The van der Waals surface area contributed by atoms with Crippen molar-refractivity contribution in [3.8, 4) is 0 Å². The van der Waals surface area contributed by atoms with Gasteiger partial charge in [0.25, 0.3) is 0 Å². The molecule has 0 aromatic heterocycles. The van der Waals surface area contributed by atoms with Gasteiger partial charge in [0.05, 0.1) is 0 Å². The maximum atomic E-state index is 14.4. The highest BCUT2D eigenvalue weighted by Gasteiger charge is 2.27. The van der Waals surface area contributed by atoms with Crippen LogP contribution in [0, 0.1) is 24.4 Å². The third-order valence-electron chi connectivity index (χ3n) is 5.52. The average molecular weight is 346 g/mol. The number of hydrogen-bond donors (Lipinski definition) is 0. The number of rotatable bonds is 4. The van der Waals surface area contributed by atoms with Gasteiger partial charge in [-0.15, -0.1) is 0 Å². The first-order valence-electron chi connectivity index (χ1n) is 9.24. The molecule has 1 saturated carbocycles. The summed E-state index contributed by atoms with van der Waals surface area (Å²) in [6.07, 6.45) is 5.04. The molecule has 134 valence electrons. The minimum Gasteiger partial charge on any atom is -0.207 e. The molecule has 25 heavy (non-hydrogen) atoms. The molecule has 0 atom stereocenters. The normalized spacial score (nSPS) is 20.7. The van der Waals surface area contributed by atoms with E-state index in [4.69, 9.17) is 0 Å². The molecular formula is C22H25F3. The van der Waals surface area contributed by atoms with Gasteiger partial charge >= 0.3 is 0 Å². The van der Waals surface area contributed by atoms with Gasteiger partial charge in [-0.1, -0.05) is 37.6 Å². The molecule has 0 spiro atoms. The van der Waals surface area contributed by atoms with Crippen molar-refractivity contribution in [3.63, 3.8) is 0 Å². The lowest BCUT2D eigenvalue weighted by Crippen LogP contribution is -2.15. The van der Waals surface area contributed by atoms with Crippen molar-refractivity contribution < 1.29 is 13.2 Å². The molecule has 3 heteroatoms. The van der Waals surface area contributed by atoms with Gasteiger partial charge in [-0.25, -0.2) is 13.2 Å². The molecule has 0 radical (unpaired) electrons. The second-order valence-corrected chi connectivity index (χ2v) is 7.25. The third kappa shape index (κ3) is 3.75. The van der Waals surface area contributed by atoms with Crippen LogP contribution in [0.25, 0.3) is 0 Å². The second-order valence-electron chi connectivity index (χ2n) is 7.25. The Morgan fingerprint density at radius 3 is 2.04 bits per heavy atom. The molecule has 0 N–H and O–H groups in total. The summed E-state index contributed by atoms with van der Waals surface area (Å²) < 4.78 is 42.5. The van der Waals surface area contributed by atoms with Gasteiger partial charge in [0.15, 0.2) is 11.6 Å². The van der Waals surface area contributed by atoms with Crippen LogP contribution < -0.4 is 0 Å². The Hall–Kier alpha value is -1.77. The maximum absolute atomic E-state index is 14.4. The van der Waals surface area contributed by atoms with Crippen LogP contribution in [-0.2, 0) is 6.42 Å². The molecule has 0 nitrogen and oxygen atoms in total. The average Bonchev–Trinajstić information content (AvgIpc) is 2.61. The number of benzene rings is 2. The highest BCUT2D eigenvalue weighted by atomic mass is 19.2. The Morgan fingerprint density at radius 2 is 1.44 bits per heavy atom.